The number of rotatable bonds is 2. The first-order valence-electron chi connectivity index (χ1n) is 3.79. The second kappa shape index (κ2) is 3.89. The Kier molecular flexibility index (Phi) is 2.84. The highest BCUT2D eigenvalue weighted by molar-refractivity contribution is 5.92. The van der Waals surface area contributed by atoms with E-state index in [1.165, 1.54) is 18.2 Å². The van der Waals surface area contributed by atoms with Crippen LogP contribution in [0.4, 0.5) is 10.1 Å². The number of aryl methyl sites for hydroxylation is 1. The molecule has 3 nitrogen and oxygen atoms in total. The topological polar surface area (TPSA) is 49.3 Å². The highest BCUT2D eigenvalue weighted by Gasteiger charge is 2.03. The molecule has 0 saturated carbocycles. The summed E-state index contributed by atoms with van der Waals surface area (Å²) in [5.74, 6) is -0.565. The minimum Gasteiger partial charge on any atom is -0.508 e. The molecule has 0 spiro atoms. The quantitative estimate of drug-likeness (QED) is 0.684. The van der Waals surface area contributed by atoms with Crippen molar-refractivity contribution >= 4 is 11.6 Å². The Hall–Kier alpha value is -1.58. The molecule has 0 fully saturated rings. The summed E-state index contributed by atoms with van der Waals surface area (Å²) in [4.78, 5) is 10.7. The van der Waals surface area contributed by atoms with Crippen LogP contribution < -0.4 is 5.32 Å². The van der Waals surface area contributed by atoms with E-state index in [0.717, 1.165) is 0 Å². The molecule has 13 heavy (non-hydrogen) atoms. The van der Waals surface area contributed by atoms with Crippen LogP contribution in [0.3, 0.4) is 0 Å². The lowest BCUT2D eigenvalue weighted by molar-refractivity contribution is -0.117. The number of alkyl halides is 1. The monoisotopic (exact) mass is 183 g/mol. The fourth-order valence-electron chi connectivity index (χ4n) is 0.972. The lowest BCUT2D eigenvalue weighted by Crippen LogP contribution is -2.13. The first-order valence-corrected chi connectivity index (χ1v) is 3.79. The van der Waals surface area contributed by atoms with Crippen LogP contribution in [-0.2, 0) is 4.79 Å². The Bertz CT molecular complexity index is 325. The number of hydrogen-bond donors (Lipinski definition) is 2. The van der Waals surface area contributed by atoms with E-state index >= 15 is 0 Å². The predicted octanol–water partition coefficient (Wildman–Crippen LogP) is 1.61. The van der Waals surface area contributed by atoms with E-state index < -0.39 is 12.6 Å². The Morgan fingerprint density at radius 2 is 2.31 bits per heavy atom. The third kappa shape index (κ3) is 2.43. The van der Waals surface area contributed by atoms with Gasteiger partial charge in [-0.1, -0.05) is 0 Å². The van der Waals surface area contributed by atoms with Crippen LogP contribution in [-0.4, -0.2) is 17.7 Å². The number of benzene rings is 1. The molecule has 0 heterocycles. The van der Waals surface area contributed by atoms with E-state index in [-0.39, 0.29) is 5.75 Å². The Balaban J connectivity index is 2.83. The largest absolute Gasteiger partial charge is 0.508 e. The molecule has 0 unspecified atom stereocenters. The van der Waals surface area contributed by atoms with Crippen molar-refractivity contribution in [2.45, 2.75) is 6.92 Å². The van der Waals surface area contributed by atoms with Gasteiger partial charge in [-0.3, -0.25) is 4.79 Å². The van der Waals surface area contributed by atoms with Gasteiger partial charge in [0.25, 0.3) is 5.91 Å². The summed E-state index contributed by atoms with van der Waals surface area (Å²) in [6, 6.07) is 4.45. The van der Waals surface area contributed by atoms with Crippen molar-refractivity contribution in [2.24, 2.45) is 0 Å². The Morgan fingerprint density at radius 1 is 1.62 bits per heavy atom. The number of hydrogen-bond acceptors (Lipinski definition) is 2. The second-order valence-electron chi connectivity index (χ2n) is 2.68. The van der Waals surface area contributed by atoms with E-state index in [1.54, 1.807) is 6.92 Å². The first-order chi connectivity index (χ1) is 6.13. The predicted molar refractivity (Wildman–Crippen MR) is 47.4 cm³/mol. The molecule has 0 aliphatic heterocycles. The third-order valence-electron chi connectivity index (χ3n) is 1.61. The summed E-state index contributed by atoms with van der Waals surface area (Å²) in [6.07, 6.45) is 0. The van der Waals surface area contributed by atoms with Crippen LogP contribution in [0.5, 0.6) is 5.75 Å². The SMILES string of the molecule is Cc1cc(O)ccc1NC(=O)CF. The molecule has 1 aromatic rings. The summed E-state index contributed by atoms with van der Waals surface area (Å²) >= 11 is 0. The van der Waals surface area contributed by atoms with E-state index in [9.17, 15) is 9.18 Å². The standard InChI is InChI=1S/C9H10FNO2/c1-6-4-7(12)2-3-8(6)11-9(13)5-10/h2-4,12H,5H2,1H3,(H,11,13). The molecular formula is C9H10FNO2. The van der Waals surface area contributed by atoms with Crippen molar-refractivity contribution in [1.29, 1.82) is 0 Å². The van der Waals surface area contributed by atoms with Crippen molar-refractivity contribution in [3.63, 3.8) is 0 Å². The van der Waals surface area contributed by atoms with Gasteiger partial charge in [-0.05, 0) is 30.7 Å². The summed E-state index contributed by atoms with van der Waals surface area (Å²) in [6.45, 7) is 0.674. The van der Waals surface area contributed by atoms with E-state index in [1.807, 2.05) is 0 Å². The molecule has 1 rings (SSSR count). The third-order valence-corrected chi connectivity index (χ3v) is 1.61. The zero-order chi connectivity index (χ0) is 9.84. The van der Waals surface area contributed by atoms with Crippen LogP contribution in [0.25, 0.3) is 0 Å². The number of phenols is 1. The molecule has 0 aromatic heterocycles. The summed E-state index contributed by atoms with van der Waals surface area (Å²) in [5.41, 5.74) is 1.21. The molecule has 0 aliphatic rings. The lowest BCUT2D eigenvalue weighted by Gasteiger charge is -2.06. The molecule has 0 bridgehead atoms. The van der Waals surface area contributed by atoms with E-state index in [2.05, 4.69) is 5.32 Å². The summed E-state index contributed by atoms with van der Waals surface area (Å²) in [7, 11) is 0. The zero-order valence-corrected chi connectivity index (χ0v) is 7.17. The number of phenolic OH excluding ortho intramolecular Hbond substituents is 1. The van der Waals surface area contributed by atoms with Crippen LogP contribution in [0, 0.1) is 6.92 Å². The van der Waals surface area contributed by atoms with Gasteiger partial charge < -0.3 is 10.4 Å². The smallest absolute Gasteiger partial charge is 0.255 e. The lowest BCUT2D eigenvalue weighted by atomic mass is 10.2. The molecule has 4 heteroatoms. The van der Waals surface area contributed by atoms with Gasteiger partial charge in [0.05, 0.1) is 0 Å². The number of aromatic hydroxyl groups is 1. The Labute approximate surface area is 75.2 Å². The maximum atomic E-state index is 11.8. The van der Waals surface area contributed by atoms with Gasteiger partial charge in [-0.15, -0.1) is 0 Å². The minimum atomic E-state index is -1.04. The highest BCUT2D eigenvalue weighted by atomic mass is 19.1. The number of anilines is 1. The normalized spacial score (nSPS) is 9.69. The van der Waals surface area contributed by atoms with Crippen molar-refractivity contribution in [3.8, 4) is 5.75 Å². The van der Waals surface area contributed by atoms with Gasteiger partial charge in [0.2, 0.25) is 0 Å². The van der Waals surface area contributed by atoms with E-state index in [4.69, 9.17) is 5.11 Å². The van der Waals surface area contributed by atoms with E-state index in [0.29, 0.717) is 11.3 Å². The molecule has 70 valence electrons. The summed E-state index contributed by atoms with van der Waals surface area (Å²) < 4.78 is 11.8. The molecule has 1 amide bonds. The Morgan fingerprint density at radius 3 is 2.85 bits per heavy atom. The number of carbonyl (C=O) groups excluding carboxylic acids is 1. The average Bonchev–Trinajstić information content (AvgIpc) is 2.09. The minimum absolute atomic E-state index is 0.121. The van der Waals surface area contributed by atoms with Gasteiger partial charge in [-0.25, -0.2) is 4.39 Å². The van der Waals surface area contributed by atoms with Crippen LogP contribution >= 0.6 is 0 Å². The second-order valence-corrected chi connectivity index (χ2v) is 2.68. The van der Waals surface area contributed by atoms with Gasteiger partial charge in [0, 0.05) is 5.69 Å². The van der Waals surface area contributed by atoms with Crippen molar-refractivity contribution in [3.05, 3.63) is 23.8 Å². The highest BCUT2D eigenvalue weighted by Crippen LogP contribution is 2.19. The van der Waals surface area contributed by atoms with Gasteiger partial charge in [0.1, 0.15) is 5.75 Å². The van der Waals surface area contributed by atoms with Gasteiger partial charge in [0.15, 0.2) is 6.67 Å². The molecule has 0 aliphatic carbocycles. The molecular weight excluding hydrogens is 173 g/mol. The van der Waals surface area contributed by atoms with Crippen LogP contribution in [0.1, 0.15) is 5.56 Å². The first kappa shape index (κ1) is 9.51. The van der Waals surface area contributed by atoms with Crippen LogP contribution in [0.2, 0.25) is 0 Å². The molecule has 0 saturated heterocycles. The number of amides is 1. The zero-order valence-electron chi connectivity index (χ0n) is 7.17. The van der Waals surface area contributed by atoms with Crippen LogP contribution in [0.15, 0.2) is 18.2 Å². The fraction of sp³-hybridized carbons (Fsp3) is 0.222. The van der Waals surface area contributed by atoms with Gasteiger partial charge >= 0.3 is 0 Å². The maximum absolute atomic E-state index is 11.8. The number of halogens is 1. The van der Waals surface area contributed by atoms with Crippen molar-refractivity contribution in [2.75, 3.05) is 12.0 Å². The molecule has 0 atom stereocenters. The summed E-state index contributed by atoms with van der Waals surface area (Å²) in [5, 5.41) is 11.4. The fourth-order valence-corrected chi connectivity index (χ4v) is 0.972. The van der Waals surface area contributed by atoms with Gasteiger partial charge in [-0.2, -0.15) is 0 Å². The molecule has 2 N–H and O–H groups in total. The van der Waals surface area contributed by atoms with Crippen molar-refractivity contribution in [1.82, 2.24) is 0 Å². The average molecular weight is 183 g/mol. The number of carbonyl (C=O) groups is 1. The van der Waals surface area contributed by atoms with Crippen molar-refractivity contribution < 1.29 is 14.3 Å². The number of nitrogens with one attached hydrogen (secondary N) is 1. The maximum Gasteiger partial charge on any atom is 0.255 e. The molecule has 1 aromatic carbocycles. The molecule has 0 radical (unpaired) electrons.